The molecule has 3 amide bonds. The number of nitrogens with one attached hydrogen (secondary N) is 1. The third-order valence-corrected chi connectivity index (χ3v) is 8.30. The first-order valence-corrected chi connectivity index (χ1v) is 21.8. The number of imide groups is 1. The molecule has 0 aliphatic carbocycles. The Morgan fingerprint density at radius 2 is 0.903 bits per heavy atom. The van der Waals surface area contributed by atoms with Crippen molar-refractivity contribution in [2.24, 2.45) is 0 Å². The molecule has 1 aliphatic rings. The lowest BCUT2D eigenvalue weighted by atomic mass is 10.2. The second-order valence-corrected chi connectivity index (χ2v) is 13.6. The van der Waals surface area contributed by atoms with Gasteiger partial charge >= 0.3 is 24.2 Å². The predicted octanol–water partition coefficient (Wildman–Crippen LogP) is 3.46. The van der Waals surface area contributed by atoms with Crippen molar-refractivity contribution >= 4 is 36.0 Å². The summed E-state index contributed by atoms with van der Waals surface area (Å²) in [6.45, 7) is 9.30. The summed E-state index contributed by atoms with van der Waals surface area (Å²) in [5, 5.41) is 3.02. The van der Waals surface area contributed by atoms with E-state index in [1.165, 1.54) is 0 Å². The fraction of sp³-hybridized carbons (Fsp3) is 0.854. The zero-order valence-electron chi connectivity index (χ0n) is 36.9. The molecule has 0 bridgehead atoms. The van der Waals surface area contributed by atoms with Crippen LogP contribution in [0.3, 0.4) is 0 Å². The maximum Gasteiger partial charge on any atom is 0.533 e. The van der Waals surface area contributed by atoms with Gasteiger partial charge in [0, 0.05) is 32.2 Å². The van der Waals surface area contributed by atoms with Gasteiger partial charge in [-0.1, -0.05) is 44.6 Å². The van der Waals surface area contributed by atoms with Crippen molar-refractivity contribution in [2.45, 2.75) is 97.0 Å². The van der Waals surface area contributed by atoms with Gasteiger partial charge in [-0.2, -0.15) is 0 Å². The van der Waals surface area contributed by atoms with Crippen LogP contribution in [0.2, 0.25) is 0 Å². The van der Waals surface area contributed by atoms with Crippen LogP contribution in [0.15, 0.2) is 0 Å². The molecule has 1 aliphatic heterocycles. The Labute approximate surface area is 365 Å². The largest absolute Gasteiger partial charge is 0.533 e. The van der Waals surface area contributed by atoms with Gasteiger partial charge in [0.15, 0.2) is 6.10 Å². The Kier molecular flexibility index (Phi) is 37.5. The lowest BCUT2D eigenvalue weighted by Crippen LogP contribution is -2.35. The third kappa shape index (κ3) is 34.8. The summed E-state index contributed by atoms with van der Waals surface area (Å²) in [5.74, 6) is -1.63. The van der Waals surface area contributed by atoms with Crippen molar-refractivity contribution in [3.8, 4) is 0 Å². The van der Waals surface area contributed by atoms with Gasteiger partial charge in [-0.05, 0) is 25.7 Å². The lowest BCUT2D eigenvalue weighted by molar-refractivity contribution is -0.177. The minimum absolute atomic E-state index is 0.0235. The molecule has 0 spiro atoms. The summed E-state index contributed by atoms with van der Waals surface area (Å²) < 4.78 is 64.7. The molecule has 1 saturated heterocycles. The van der Waals surface area contributed by atoms with Crippen LogP contribution in [0.5, 0.6) is 0 Å². The van der Waals surface area contributed by atoms with Gasteiger partial charge in [0.05, 0.1) is 112 Å². The first-order valence-electron chi connectivity index (χ1n) is 21.8. The summed E-state index contributed by atoms with van der Waals surface area (Å²) >= 11 is 0. The van der Waals surface area contributed by atoms with Crippen LogP contribution in [-0.4, -0.2) is 179 Å². The number of alkyl carbamates (subject to hydrolysis) is 1. The smallest absolute Gasteiger partial charge is 0.463 e. The number of hydroxylamine groups is 2. The minimum atomic E-state index is -1.17. The summed E-state index contributed by atoms with van der Waals surface area (Å²) in [7, 11) is 0. The van der Waals surface area contributed by atoms with Crippen molar-refractivity contribution in [3.63, 3.8) is 0 Å². The molecule has 21 heteroatoms. The quantitative estimate of drug-likeness (QED) is 0.0399. The van der Waals surface area contributed by atoms with Crippen molar-refractivity contribution in [1.82, 2.24) is 10.4 Å². The predicted molar refractivity (Wildman–Crippen MR) is 218 cm³/mol. The Balaban J connectivity index is 2.20. The fourth-order valence-corrected chi connectivity index (χ4v) is 5.00. The minimum Gasteiger partial charge on any atom is -0.463 e. The zero-order chi connectivity index (χ0) is 45.1. The molecule has 0 aromatic carbocycles. The molecule has 0 saturated carbocycles. The van der Waals surface area contributed by atoms with Gasteiger partial charge in [-0.25, -0.2) is 9.59 Å². The number of rotatable bonds is 43. The normalized spacial score (nSPS) is 12.5. The van der Waals surface area contributed by atoms with E-state index in [0.29, 0.717) is 96.8 Å². The number of hydrogen-bond acceptors (Lipinski definition) is 19. The van der Waals surface area contributed by atoms with Crippen LogP contribution in [0.25, 0.3) is 0 Å². The molecule has 21 nitrogen and oxygen atoms in total. The van der Waals surface area contributed by atoms with E-state index in [1.54, 1.807) is 0 Å². The molecular weight excluding hydrogens is 824 g/mol. The molecule has 0 atom stereocenters. The van der Waals surface area contributed by atoms with Gasteiger partial charge in [-0.3, -0.25) is 24.0 Å². The highest BCUT2D eigenvalue weighted by Gasteiger charge is 2.33. The second-order valence-electron chi connectivity index (χ2n) is 13.6. The van der Waals surface area contributed by atoms with E-state index in [4.69, 9.17) is 56.8 Å². The number of hydrogen-bond donors (Lipinski definition) is 1. The molecule has 0 aromatic rings. The number of nitrogens with zero attached hydrogens (tertiary/aromatic N) is 1. The van der Waals surface area contributed by atoms with Crippen LogP contribution in [0.4, 0.5) is 9.59 Å². The average Bonchev–Trinajstić information content (AvgIpc) is 3.57. The second kappa shape index (κ2) is 41.3. The molecule has 1 rings (SSSR count). The molecule has 0 unspecified atom stereocenters. The molecule has 0 radical (unpaired) electrons. The van der Waals surface area contributed by atoms with Gasteiger partial charge in [0.2, 0.25) is 0 Å². The van der Waals surface area contributed by atoms with E-state index in [1.807, 2.05) is 0 Å². The summed E-state index contributed by atoms with van der Waals surface area (Å²) in [4.78, 5) is 75.1. The number of carbonyl (C=O) groups excluding carboxylic acids is 6. The number of unbranched alkanes of at least 4 members (excludes halogenated alkanes) is 5. The highest BCUT2D eigenvalue weighted by Crippen LogP contribution is 2.12. The maximum absolute atomic E-state index is 12.5. The van der Waals surface area contributed by atoms with Crippen molar-refractivity contribution < 1.29 is 90.4 Å². The first-order chi connectivity index (χ1) is 30.3. The topological polar surface area (TPSA) is 238 Å². The summed E-state index contributed by atoms with van der Waals surface area (Å²) in [6, 6.07) is 0. The zero-order valence-corrected chi connectivity index (χ0v) is 36.9. The molecular formula is C41H72N2O19. The third-order valence-electron chi connectivity index (χ3n) is 8.30. The molecule has 360 valence electrons. The molecule has 62 heavy (non-hydrogen) atoms. The van der Waals surface area contributed by atoms with Gasteiger partial charge in [0.25, 0.3) is 11.8 Å². The number of ether oxygens (including phenoxy) is 12. The van der Waals surface area contributed by atoms with Gasteiger partial charge in [-0.15, -0.1) is 0 Å². The molecule has 1 N–H and O–H groups in total. The Morgan fingerprint density at radius 1 is 0.500 bits per heavy atom. The van der Waals surface area contributed by atoms with E-state index in [2.05, 4.69) is 24.0 Å². The Bertz CT molecular complexity index is 1110. The monoisotopic (exact) mass is 896 g/mol. The summed E-state index contributed by atoms with van der Waals surface area (Å²) in [5.41, 5.74) is 0. The van der Waals surface area contributed by atoms with E-state index >= 15 is 0 Å². The average molecular weight is 897 g/mol. The molecule has 0 aromatic heterocycles. The highest BCUT2D eigenvalue weighted by atomic mass is 16.8. The fourth-order valence-electron chi connectivity index (χ4n) is 5.00. The van der Waals surface area contributed by atoms with E-state index in [0.717, 1.165) is 38.5 Å². The SMILES string of the molecule is CCCCCC(=O)OCCOCCOCCOCCOCC(COCCOCCOCCOCCOC(=O)CCCCC)OC(=O)NCCCCOC(=O)ON1C(=O)CCC1=O. The van der Waals surface area contributed by atoms with Crippen LogP contribution in [0.1, 0.15) is 90.9 Å². The van der Waals surface area contributed by atoms with E-state index < -0.39 is 30.2 Å². The van der Waals surface area contributed by atoms with E-state index in [-0.39, 0.29) is 90.8 Å². The van der Waals surface area contributed by atoms with Crippen molar-refractivity contribution in [2.75, 3.05) is 132 Å². The number of esters is 2. The van der Waals surface area contributed by atoms with E-state index in [9.17, 15) is 28.8 Å². The maximum atomic E-state index is 12.5. The Morgan fingerprint density at radius 3 is 1.32 bits per heavy atom. The van der Waals surface area contributed by atoms with Crippen molar-refractivity contribution in [3.05, 3.63) is 0 Å². The van der Waals surface area contributed by atoms with Gasteiger partial charge < -0.3 is 62.2 Å². The van der Waals surface area contributed by atoms with Gasteiger partial charge in [0.1, 0.15) is 13.2 Å². The van der Waals surface area contributed by atoms with Crippen LogP contribution in [0, 0.1) is 0 Å². The molecule has 1 fully saturated rings. The highest BCUT2D eigenvalue weighted by molar-refractivity contribution is 6.01. The standard InChI is InChI=1S/C41H72N2O19/c1-3-5-7-11-38(46)58-31-29-54-23-21-50-17-19-52-25-27-56-33-35(61-40(48)42-15-9-10-16-60-41(49)62-43-36(44)13-14-37(43)45)34-57-28-26-53-20-18-51-22-24-55-30-32-59-39(47)12-8-6-4-2/h35H,3-34H2,1-2H3,(H,42,48). The van der Waals surface area contributed by atoms with Crippen LogP contribution >= 0.6 is 0 Å². The first kappa shape index (κ1) is 56.3. The van der Waals surface area contributed by atoms with Crippen LogP contribution in [-0.2, 0) is 80.9 Å². The summed E-state index contributed by atoms with van der Waals surface area (Å²) in [6.07, 6.45) is 4.77. The van der Waals surface area contributed by atoms with Crippen LogP contribution < -0.4 is 5.32 Å². The molecule has 1 heterocycles. The number of amides is 3. The number of carbonyl (C=O) groups is 6. The lowest BCUT2D eigenvalue weighted by Gasteiger charge is -2.19. The van der Waals surface area contributed by atoms with Crippen molar-refractivity contribution in [1.29, 1.82) is 0 Å². The Hall–Kier alpha value is -3.70.